The largest absolute Gasteiger partial charge is 0.484 e. The summed E-state index contributed by atoms with van der Waals surface area (Å²) < 4.78 is 32.6. The van der Waals surface area contributed by atoms with Gasteiger partial charge in [-0.25, -0.2) is 8.42 Å². The lowest BCUT2D eigenvalue weighted by molar-refractivity contribution is -0.118. The Kier molecular flexibility index (Phi) is 7.11. The van der Waals surface area contributed by atoms with Crippen molar-refractivity contribution in [3.05, 3.63) is 84.4 Å². The lowest BCUT2D eigenvalue weighted by Gasteiger charge is -2.23. The zero-order chi connectivity index (χ0) is 23.1. The second-order valence-electron chi connectivity index (χ2n) is 6.76. The van der Waals surface area contributed by atoms with Crippen LogP contribution in [0.15, 0.2) is 83.8 Å². The second kappa shape index (κ2) is 9.97. The summed E-state index contributed by atoms with van der Waals surface area (Å²) in [6.45, 7) is 1.77. The van der Waals surface area contributed by atoms with E-state index in [0.29, 0.717) is 22.7 Å². The lowest BCUT2D eigenvalue weighted by Crippen LogP contribution is -2.30. The standard InChI is InChI=1S/C23H23N3O5S/c1-2-26(32(29,30)21-6-4-3-5-7-21)19-12-14-20(15-13-19)31-16-22(27)25-18-10-8-17(9-11-18)23(24)28/h3-15H,2,16H2,1H3,(H2,24,28)(H,25,27). The van der Waals surface area contributed by atoms with Gasteiger partial charge in [0.25, 0.3) is 15.9 Å². The van der Waals surface area contributed by atoms with Crippen LogP contribution in [0.25, 0.3) is 0 Å². The Morgan fingerprint density at radius 3 is 2.12 bits per heavy atom. The first-order chi connectivity index (χ1) is 15.3. The Labute approximate surface area is 186 Å². The first-order valence-electron chi connectivity index (χ1n) is 9.81. The third-order valence-electron chi connectivity index (χ3n) is 4.57. The van der Waals surface area contributed by atoms with Crippen molar-refractivity contribution in [1.82, 2.24) is 0 Å². The van der Waals surface area contributed by atoms with Crippen molar-refractivity contribution in [1.29, 1.82) is 0 Å². The minimum absolute atomic E-state index is 0.211. The minimum Gasteiger partial charge on any atom is -0.484 e. The van der Waals surface area contributed by atoms with Crippen LogP contribution in [0.3, 0.4) is 0 Å². The number of hydrogen-bond acceptors (Lipinski definition) is 5. The average molecular weight is 454 g/mol. The van der Waals surface area contributed by atoms with Crippen LogP contribution in [-0.4, -0.2) is 33.4 Å². The molecule has 32 heavy (non-hydrogen) atoms. The lowest BCUT2D eigenvalue weighted by atomic mass is 10.2. The first kappa shape index (κ1) is 22.8. The number of hydrogen-bond donors (Lipinski definition) is 2. The summed E-state index contributed by atoms with van der Waals surface area (Å²) >= 11 is 0. The van der Waals surface area contributed by atoms with Gasteiger partial charge in [-0.15, -0.1) is 0 Å². The van der Waals surface area contributed by atoms with Crippen LogP contribution < -0.4 is 20.1 Å². The molecule has 3 aromatic carbocycles. The highest BCUT2D eigenvalue weighted by Crippen LogP contribution is 2.25. The minimum atomic E-state index is -3.69. The molecule has 0 unspecified atom stereocenters. The number of benzene rings is 3. The molecule has 0 radical (unpaired) electrons. The van der Waals surface area contributed by atoms with Crippen molar-refractivity contribution in [2.75, 3.05) is 22.8 Å². The van der Waals surface area contributed by atoms with Gasteiger partial charge in [0.2, 0.25) is 5.91 Å². The van der Waals surface area contributed by atoms with E-state index in [1.165, 1.54) is 16.4 Å². The number of nitrogens with zero attached hydrogens (tertiary/aromatic N) is 1. The predicted molar refractivity (Wildman–Crippen MR) is 122 cm³/mol. The second-order valence-corrected chi connectivity index (χ2v) is 8.62. The number of rotatable bonds is 9. The topological polar surface area (TPSA) is 119 Å². The molecule has 3 rings (SSSR count). The smallest absolute Gasteiger partial charge is 0.264 e. The predicted octanol–water partition coefficient (Wildman–Crippen LogP) is 3.02. The maximum absolute atomic E-state index is 12.9. The van der Waals surface area contributed by atoms with Crippen molar-refractivity contribution in [3.8, 4) is 5.75 Å². The summed E-state index contributed by atoms with van der Waals surface area (Å²) in [6.07, 6.45) is 0. The van der Waals surface area contributed by atoms with Crippen molar-refractivity contribution in [2.45, 2.75) is 11.8 Å². The molecule has 3 aromatic rings. The first-order valence-corrected chi connectivity index (χ1v) is 11.3. The molecule has 0 spiro atoms. The van der Waals surface area contributed by atoms with E-state index in [4.69, 9.17) is 10.5 Å². The fraction of sp³-hybridized carbons (Fsp3) is 0.130. The molecule has 0 aromatic heterocycles. The molecule has 0 atom stereocenters. The molecule has 0 fully saturated rings. The molecule has 0 aliphatic rings. The number of nitrogens with two attached hydrogens (primary N) is 1. The van der Waals surface area contributed by atoms with Crippen LogP contribution in [0.5, 0.6) is 5.75 Å². The Morgan fingerprint density at radius 2 is 1.56 bits per heavy atom. The number of amides is 2. The van der Waals surface area contributed by atoms with E-state index in [0.717, 1.165) is 0 Å². The molecule has 0 heterocycles. The SMILES string of the molecule is CCN(c1ccc(OCC(=O)Nc2ccc(C(N)=O)cc2)cc1)S(=O)(=O)c1ccccc1. The summed E-state index contributed by atoms with van der Waals surface area (Å²) in [6, 6.07) is 20.8. The van der Waals surface area contributed by atoms with Gasteiger partial charge in [-0.1, -0.05) is 18.2 Å². The highest BCUT2D eigenvalue weighted by Gasteiger charge is 2.23. The number of nitrogens with one attached hydrogen (secondary N) is 1. The van der Waals surface area contributed by atoms with Crippen LogP contribution in [-0.2, 0) is 14.8 Å². The van der Waals surface area contributed by atoms with Crippen LogP contribution in [0.1, 0.15) is 17.3 Å². The van der Waals surface area contributed by atoms with Gasteiger partial charge in [0.15, 0.2) is 6.61 Å². The fourth-order valence-electron chi connectivity index (χ4n) is 2.98. The van der Waals surface area contributed by atoms with Crippen molar-refractivity contribution in [3.63, 3.8) is 0 Å². The van der Waals surface area contributed by atoms with E-state index in [1.54, 1.807) is 73.7 Å². The number of primary amides is 1. The number of sulfonamides is 1. The third kappa shape index (κ3) is 5.44. The number of carbonyl (C=O) groups excluding carboxylic acids is 2. The van der Waals surface area contributed by atoms with Gasteiger partial charge in [0.05, 0.1) is 10.6 Å². The number of carbonyl (C=O) groups is 2. The molecule has 0 bridgehead atoms. The average Bonchev–Trinajstić information content (AvgIpc) is 2.80. The van der Waals surface area contributed by atoms with E-state index in [1.807, 2.05) is 0 Å². The maximum Gasteiger partial charge on any atom is 0.264 e. The molecular formula is C23H23N3O5S. The summed E-state index contributed by atoms with van der Waals surface area (Å²) in [7, 11) is -3.69. The molecule has 0 saturated carbocycles. The Morgan fingerprint density at radius 1 is 0.938 bits per heavy atom. The Balaban J connectivity index is 1.61. The molecule has 3 N–H and O–H groups in total. The molecule has 0 aliphatic carbocycles. The van der Waals surface area contributed by atoms with Gasteiger partial charge in [0.1, 0.15) is 5.75 Å². The molecule has 0 saturated heterocycles. The number of anilines is 2. The third-order valence-corrected chi connectivity index (χ3v) is 6.48. The van der Waals surface area contributed by atoms with Gasteiger partial charge < -0.3 is 15.8 Å². The van der Waals surface area contributed by atoms with Crippen molar-refractivity contribution in [2.24, 2.45) is 5.73 Å². The van der Waals surface area contributed by atoms with Gasteiger partial charge in [0, 0.05) is 17.8 Å². The zero-order valence-corrected chi connectivity index (χ0v) is 18.2. The highest BCUT2D eigenvalue weighted by atomic mass is 32.2. The highest BCUT2D eigenvalue weighted by molar-refractivity contribution is 7.92. The molecule has 9 heteroatoms. The number of ether oxygens (including phenoxy) is 1. The Hall–Kier alpha value is -3.85. The molecule has 2 amide bonds. The van der Waals surface area contributed by atoms with Crippen molar-refractivity contribution < 1.29 is 22.7 Å². The summed E-state index contributed by atoms with van der Waals surface area (Å²) in [5.41, 5.74) is 6.52. The molecule has 8 nitrogen and oxygen atoms in total. The molecule has 166 valence electrons. The Bertz CT molecular complexity index is 1180. The van der Waals surface area contributed by atoms with E-state index in [9.17, 15) is 18.0 Å². The fourth-order valence-corrected chi connectivity index (χ4v) is 4.48. The van der Waals surface area contributed by atoms with E-state index < -0.39 is 15.9 Å². The maximum atomic E-state index is 12.9. The van der Waals surface area contributed by atoms with Crippen LogP contribution >= 0.6 is 0 Å². The van der Waals surface area contributed by atoms with Crippen LogP contribution in [0.2, 0.25) is 0 Å². The van der Waals surface area contributed by atoms with Crippen molar-refractivity contribution >= 4 is 33.2 Å². The van der Waals surface area contributed by atoms with Crippen LogP contribution in [0, 0.1) is 0 Å². The quantitative estimate of drug-likeness (QED) is 0.516. The van der Waals surface area contributed by atoms with Gasteiger partial charge >= 0.3 is 0 Å². The normalized spacial score (nSPS) is 10.9. The summed E-state index contributed by atoms with van der Waals surface area (Å²) in [4.78, 5) is 23.4. The monoisotopic (exact) mass is 453 g/mol. The van der Waals surface area contributed by atoms with E-state index >= 15 is 0 Å². The van der Waals surface area contributed by atoms with E-state index in [2.05, 4.69) is 5.32 Å². The van der Waals surface area contributed by atoms with Gasteiger partial charge in [-0.3, -0.25) is 13.9 Å². The summed E-state index contributed by atoms with van der Waals surface area (Å²) in [5.74, 6) is -0.517. The zero-order valence-electron chi connectivity index (χ0n) is 17.4. The molecular weight excluding hydrogens is 430 g/mol. The van der Waals surface area contributed by atoms with Gasteiger partial charge in [-0.05, 0) is 67.6 Å². The van der Waals surface area contributed by atoms with E-state index in [-0.39, 0.29) is 24.0 Å². The molecule has 0 aliphatic heterocycles. The summed E-state index contributed by atoms with van der Waals surface area (Å²) in [5, 5.41) is 2.65. The van der Waals surface area contributed by atoms with Gasteiger partial charge in [-0.2, -0.15) is 0 Å². The van der Waals surface area contributed by atoms with Crippen LogP contribution in [0.4, 0.5) is 11.4 Å².